The van der Waals surface area contributed by atoms with Gasteiger partial charge in [-0.05, 0) is 30.7 Å². The Labute approximate surface area is 118 Å². The number of carbonyl (C=O) groups is 2. The molecule has 2 amide bonds. The minimum absolute atomic E-state index is 0.0846. The number of nitrogens with one attached hydrogen (secondary N) is 1. The molecule has 0 aliphatic heterocycles. The van der Waals surface area contributed by atoms with Crippen LogP contribution in [0, 0.1) is 0 Å². The van der Waals surface area contributed by atoms with E-state index < -0.39 is 5.97 Å². The third kappa shape index (κ3) is 4.46. The normalized spacial score (nSPS) is 11.6. The lowest BCUT2D eigenvalue weighted by atomic mass is 10.1. The molecule has 1 atom stereocenters. The van der Waals surface area contributed by atoms with Gasteiger partial charge in [-0.1, -0.05) is 6.92 Å². The number of carboxylic acids is 1. The molecule has 0 aromatic heterocycles. The number of methoxy groups -OCH3 is 1. The molecule has 6 heteroatoms. The van der Waals surface area contributed by atoms with Crippen LogP contribution >= 0.6 is 0 Å². The quantitative estimate of drug-likeness (QED) is 0.836. The van der Waals surface area contributed by atoms with Crippen LogP contribution in [0.1, 0.15) is 19.8 Å². The van der Waals surface area contributed by atoms with Crippen molar-refractivity contribution in [3.8, 4) is 5.75 Å². The average Bonchev–Trinajstić information content (AvgIpc) is 2.45. The van der Waals surface area contributed by atoms with Crippen LogP contribution in [0.5, 0.6) is 5.75 Å². The fraction of sp³-hybridized carbons (Fsp3) is 0.429. The smallest absolute Gasteiger partial charge is 0.321 e. The number of rotatable bonds is 6. The van der Waals surface area contributed by atoms with E-state index in [-0.39, 0.29) is 18.5 Å². The van der Waals surface area contributed by atoms with Crippen LogP contribution in [-0.4, -0.2) is 37.3 Å². The standard InChI is InChI=1S/C14H20N2O4/c1-4-10(9-13(17)18)15-14(19)16(2)11-5-7-12(20-3)8-6-11/h5-8,10H,4,9H2,1-3H3,(H,15,19)(H,17,18). The summed E-state index contributed by atoms with van der Waals surface area (Å²) in [6.07, 6.45) is 0.479. The highest BCUT2D eigenvalue weighted by atomic mass is 16.5. The molecule has 0 spiro atoms. The minimum Gasteiger partial charge on any atom is -0.497 e. The van der Waals surface area contributed by atoms with E-state index in [2.05, 4.69) is 5.32 Å². The van der Waals surface area contributed by atoms with Crippen LogP contribution in [0.25, 0.3) is 0 Å². The van der Waals surface area contributed by atoms with Crippen molar-refractivity contribution in [3.63, 3.8) is 0 Å². The molecule has 1 unspecified atom stereocenters. The van der Waals surface area contributed by atoms with Crippen molar-refractivity contribution in [1.82, 2.24) is 5.32 Å². The molecule has 0 saturated heterocycles. The first-order valence-corrected chi connectivity index (χ1v) is 6.38. The van der Waals surface area contributed by atoms with Gasteiger partial charge in [-0.15, -0.1) is 0 Å². The van der Waals surface area contributed by atoms with Crippen LogP contribution < -0.4 is 15.0 Å². The highest BCUT2D eigenvalue weighted by Crippen LogP contribution is 2.18. The van der Waals surface area contributed by atoms with Crippen LogP contribution in [0.4, 0.5) is 10.5 Å². The topological polar surface area (TPSA) is 78.9 Å². The first-order valence-electron chi connectivity index (χ1n) is 6.38. The molecule has 0 fully saturated rings. The molecular formula is C14H20N2O4. The Morgan fingerprint density at radius 3 is 2.40 bits per heavy atom. The third-order valence-electron chi connectivity index (χ3n) is 3.01. The van der Waals surface area contributed by atoms with Gasteiger partial charge in [0.25, 0.3) is 0 Å². The van der Waals surface area contributed by atoms with Crippen LogP contribution in [0.15, 0.2) is 24.3 Å². The van der Waals surface area contributed by atoms with E-state index in [4.69, 9.17) is 9.84 Å². The molecular weight excluding hydrogens is 260 g/mol. The second-order valence-electron chi connectivity index (χ2n) is 4.41. The zero-order valence-electron chi connectivity index (χ0n) is 11.9. The van der Waals surface area contributed by atoms with E-state index in [0.29, 0.717) is 17.9 Å². The number of anilines is 1. The number of nitrogens with zero attached hydrogens (tertiary/aromatic N) is 1. The molecule has 0 aliphatic carbocycles. The third-order valence-corrected chi connectivity index (χ3v) is 3.01. The fourth-order valence-electron chi connectivity index (χ4n) is 1.70. The number of urea groups is 1. The van der Waals surface area contributed by atoms with E-state index >= 15 is 0 Å². The van der Waals surface area contributed by atoms with Gasteiger partial charge in [-0.3, -0.25) is 9.69 Å². The summed E-state index contributed by atoms with van der Waals surface area (Å²) in [4.78, 5) is 24.2. The van der Waals surface area contributed by atoms with Crippen LogP contribution in [0.2, 0.25) is 0 Å². The van der Waals surface area contributed by atoms with E-state index in [1.54, 1.807) is 38.4 Å². The van der Waals surface area contributed by atoms with Crippen LogP contribution in [-0.2, 0) is 4.79 Å². The number of amides is 2. The maximum atomic E-state index is 12.0. The molecule has 0 radical (unpaired) electrons. The molecule has 1 rings (SSSR count). The molecule has 0 heterocycles. The zero-order valence-corrected chi connectivity index (χ0v) is 11.9. The Balaban J connectivity index is 2.67. The molecule has 6 nitrogen and oxygen atoms in total. The molecule has 1 aromatic rings. The SMILES string of the molecule is CCC(CC(=O)O)NC(=O)N(C)c1ccc(OC)cc1. The predicted molar refractivity (Wildman–Crippen MR) is 76.3 cm³/mol. The first-order chi connectivity index (χ1) is 9.47. The molecule has 0 aliphatic rings. The summed E-state index contributed by atoms with van der Waals surface area (Å²) in [6.45, 7) is 1.83. The van der Waals surface area contributed by atoms with E-state index in [1.165, 1.54) is 4.90 Å². The van der Waals surface area contributed by atoms with Gasteiger partial charge in [0.15, 0.2) is 0 Å². The Bertz CT molecular complexity index is 459. The largest absolute Gasteiger partial charge is 0.497 e. The van der Waals surface area contributed by atoms with Crippen LogP contribution in [0.3, 0.4) is 0 Å². The highest BCUT2D eigenvalue weighted by Gasteiger charge is 2.17. The number of aliphatic carboxylic acids is 1. The van der Waals surface area contributed by atoms with Gasteiger partial charge >= 0.3 is 12.0 Å². The van der Waals surface area contributed by atoms with Crippen molar-refractivity contribution in [3.05, 3.63) is 24.3 Å². The molecule has 1 aromatic carbocycles. The summed E-state index contributed by atoms with van der Waals surface area (Å²) in [5.41, 5.74) is 0.702. The fourth-order valence-corrected chi connectivity index (χ4v) is 1.70. The van der Waals surface area contributed by atoms with Crippen molar-refractivity contribution >= 4 is 17.7 Å². The lowest BCUT2D eigenvalue weighted by Gasteiger charge is -2.22. The lowest BCUT2D eigenvalue weighted by molar-refractivity contribution is -0.137. The number of hydrogen-bond acceptors (Lipinski definition) is 3. The zero-order chi connectivity index (χ0) is 15.1. The number of carbonyl (C=O) groups excluding carboxylic acids is 1. The van der Waals surface area contributed by atoms with Gasteiger partial charge in [0.1, 0.15) is 5.75 Å². The molecule has 0 bridgehead atoms. The van der Waals surface area contributed by atoms with Crippen molar-refractivity contribution in [2.75, 3.05) is 19.1 Å². The predicted octanol–water partition coefficient (Wildman–Crippen LogP) is 2.09. The second kappa shape index (κ2) is 7.37. The maximum absolute atomic E-state index is 12.0. The molecule has 110 valence electrons. The summed E-state index contributed by atoms with van der Waals surface area (Å²) in [7, 11) is 3.20. The van der Waals surface area contributed by atoms with Crippen molar-refractivity contribution < 1.29 is 19.4 Å². The lowest BCUT2D eigenvalue weighted by Crippen LogP contribution is -2.43. The highest BCUT2D eigenvalue weighted by molar-refractivity contribution is 5.91. The molecule has 2 N–H and O–H groups in total. The summed E-state index contributed by atoms with van der Waals surface area (Å²) in [5.74, 6) is -0.218. The van der Waals surface area contributed by atoms with Gasteiger partial charge < -0.3 is 15.2 Å². The Kier molecular flexibility index (Phi) is 5.83. The van der Waals surface area contributed by atoms with Crippen molar-refractivity contribution in [2.45, 2.75) is 25.8 Å². The Morgan fingerprint density at radius 1 is 1.35 bits per heavy atom. The number of hydrogen-bond donors (Lipinski definition) is 2. The van der Waals surface area contributed by atoms with E-state index in [0.717, 1.165) is 0 Å². The molecule has 0 saturated carbocycles. The monoisotopic (exact) mass is 280 g/mol. The summed E-state index contributed by atoms with van der Waals surface area (Å²) in [6, 6.07) is 6.33. The number of carboxylic acid groups (broad SMARTS) is 1. The average molecular weight is 280 g/mol. The summed E-state index contributed by atoms with van der Waals surface area (Å²) in [5, 5.41) is 11.5. The first kappa shape index (κ1) is 15.8. The van der Waals surface area contributed by atoms with Gasteiger partial charge in [-0.25, -0.2) is 4.79 Å². The summed E-state index contributed by atoms with van der Waals surface area (Å²) < 4.78 is 5.05. The van der Waals surface area contributed by atoms with Gasteiger partial charge in [0.2, 0.25) is 0 Å². The maximum Gasteiger partial charge on any atom is 0.321 e. The van der Waals surface area contributed by atoms with Gasteiger partial charge in [0, 0.05) is 18.8 Å². The number of benzene rings is 1. The number of ether oxygens (including phenoxy) is 1. The van der Waals surface area contributed by atoms with Crippen molar-refractivity contribution in [1.29, 1.82) is 0 Å². The molecule has 20 heavy (non-hydrogen) atoms. The minimum atomic E-state index is -0.927. The summed E-state index contributed by atoms with van der Waals surface area (Å²) >= 11 is 0. The second-order valence-corrected chi connectivity index (χ2v) is 4.41. The van der Waals surface area contributed by atoms with E-state index in [1.807, 2.05) is 6.92 Å². The van der Waals surface area contributed by atoms with Crippen molar-refractivity contribution in [2.24, 2.45) is 0 Å². The van der Waals surface area contributed by atoms with E-state index in [9.17, 15) is 9.59 Å². The van der Waals surface area contributed by atoms with Gasteiger partial charge in [-0.2, -0.15) is 0 Å². The Morgan fingerprint density at radius 2 is 1.95 bits per heavy atom. The van der Waals surface area contributed by atoms with Gasteiger partial charge in [0.05, 0.1) is 13.5 Å². The Hall–Kier alpha value is -2.24.